The van der Waals surface area contributed by atoms with Gasteiger partial charge in [0.15, 0.2) is 5.69 Å². The van der Waals surface area contributed by atoms with Crippen molar-refractivity contribution < 1.29 is 28.8 Å². The molecule has 14 heteroatoms. The number of hydrogen-bond donors (Lipinski definition) is 4. The second-order valence-corrected chi connectivity index (χ2v) is 12.5. The van der Waals surface area contributed by atoms with Gasteiger partial charge in [-0.15, -0.1) is 0 Å². The normalized spacial score (nSPS) is 17.8. The van der Waals surface area contributed by atoms with Crippen LogP contribution in [0.4, 0.5) is 4.39 Å². The van der Waals surface area contributed by atoms with Crippen LogP contribution in [-0.4, -0.2) is 92.7 Å². The van der Waals surface area contributed by atoms with Crippen LogP contribution in [0.5, 0.6) is 5.75 Å². The van der Waals surface area contributed by atoms with E-state index in [2.05, 4.69) is 25.5 Å². The van der Waals surface area contributed by atoms with Gasteiger partial charge in [-0.1, -0.05) is 28.6 Å². The minimum absolute atomic E-state index is 0.0362. The SMILES string of the molecule is Cc1nonc1C(=O)N1CCOC2(CCN(Cc3cc(F)cc(CCNCC(O)c4ccc(O)c5[nH]c(=O)sc45)c3)CC2)C1. The number of nitrogens with one attached hydrogen (secondary N) is 2. The van der Waals surface area contributed by atoms with Crippen molar-refractivity contribution in [3.05, 3.63) is 73.9 Å². The second-order valence-electron chi connectivity index (χ2n) is 11.6. The van der Waals surface area contributed by atoms with E-state index in [1.54, 1.807) is 24.0 Å². The fourth-order valence-corrected chi connectivity index (χ4v) is 7.03. The number of nitrogens with zero attached hydrogens (tertiary/aromatic N) is 4. The van der Waals surface area contributed by atoms with Gasteiger partial charge in [0.2, 0.25) is 0 Å². The van der Waals surface area contributed by atoms with E-state index in [-0.39, 0.29) is 34.6 Å². The van der Waals surface area contributed by atoms with Gasteiger partial charge < -0.3 is 30.2 Å². The number of benzene rings is 2. The Morgan fingerprint density at radius 1 is 1.20 bits per heavy atom. The molecule has 234 valence electrons. The highest BCUT2D eigenvalue weighted by molar-refractivity contribution is 7.16. The quantitative estimate of drug-likeness (QED) is 0.204. The number of aromatic nitrogens is 3. The number of aryl methyl sites for hydroxylation is 1. The minimum atomic E-state index is -0.878. The molecule has 44 heavy (non-hydrogen) atoms. The number of carbonyl (C=O) groups is 1. The number of rotatable bonds is 9. The molecule has 1 atom stereocenters. The van der Waals surface area contributed by atoms with Gasteiger partial charge in [-0.3, -0.25) is 14.5 Å². The summed E-state index contributed by atoms with van der Waals surface area (Å²) in [6, 6.07) is 8.17. The lowest BCUT2D eigenvalue weighted by Crippen LogP contribution is -2.58. The van der Waals surface area contributed by atoms with Crippen molar-refractivity contribution >= 4 is 27.5 Å². The Hall–Kier alpha value is -3.69. The number of piperidine rings is 1. The molecule has 1 spiro atoms. The topological polar surface area (TPSA) is 157 Å². The summed E-state index contributed by atoms with van der Waals surface area (Å²) in [5.41, 5.74) is 2.93. The summed E-state index contributed by atoms with van der Waals surface area (Å²) >= 11 is 0.947. The van der Waals surface area contributed by atoms with Gasteiger partial charge in [0.25, 0.3) is 5.91 Å². The van der Waals surface area contributed by atoms with Crippen molar-refractivity contribution in [1.29, 1.82) is 0 Å². The number of phenols is 1. The zero-order valence-corrected chi connectivity index (χ0v) is 25.2. The third kappa shape index (κ3) is 6.54. The lowest BCUT2D eigenvalue weighted by molar-refractivity contribution is -0.128. The van der Waals surface area contributed by atoms with Crippen molar-refractivity contribution in [2.75, 3.05) is 45.9 Å². The fraction of sp³-hybridized carbons (Fsp3) is 0.467. The summed E-state index contributed by atoms with van der Waals surface area (Å²) in [5, 5.41) is 31.4. The summed E-state index contributed by atoms with van der Waals surface area (Å²) in [7, 11) is 0. The molecular weight excluding hydrogens is 591 g/mol. The first kappa shape index (κ1) is 30.3. The Bertz CT molecular complexity index is 1700. The smallest absolute Gasteiger partial charge is 0.305 e. The summed E-state index contributed by atoms with van der Waals surface area (Å²) in [6.45, 7) is 6.03. The van der Waals surface area contributed by atoms with Crippen molar-refractivity contribution in [1.82, 2.24) is 30.4 Å². The summed E-state index contributed by atoms with van der Waals surface area (Å²) < 4.78 is 26.0. The largest absolute Gasteiger partial charge is 0.506 e. The van der Waals surface area contributed by atoms with Crippen molar-refractivity contribution in [3.8, 4) is 5.75 Å². The molecule has 4 heterocycles. The maximum absolute atomic E-state index is 14.6. The third-order valence-electron chi connectivity index (χ3n) is 8.46. The molecule has 0 saturated carbocycles. The molecule has 2 aliphatic heterocycles. The second kappa shape index (κ2) is 12.7. The Morgan fingerprint density at radius 2 is 2.00 bits per heavy atom. The molecule has 0 bridgehead atoms. The number of aliphatic hydroxyl groups excluding tert-OH is 1. The van der Waals surface area contributed by atoms with E-state index in [0.29, 0.717) is 60.7 Å². The number of hydrogen-bond acceptors (Lipinski definition) is 11. The molecule has 2 aromatic heterocycles. The van der Waals surface area contributed by atoms with Crippen LogP contribution in [0.15, 0.2) is 39.8 Å². The number of carbonyl (C=O) groups excluding carboxylic acids is 1. The molecule has 1 amide bonds. The maximum atomic E-state index is 14.6. The molecule has 4 aromatic rings. The molecule has 2 fully saturated rings. The number of aliphatic hydroxyl groups is 1. The third-order valence-corrected chi connectivity index (χ3v) is 9.39. The number of aromatic amines is 1. The number of thiazole rings is 1. The molecule has 1 unspecified atom stereocenters. The zero-order chi connectivity index (χ0) is 30.8. The number of halogens is 1. The minimum Gasteiger partial charge on any atom is -0.506 e. The fourth-order valence-electron chi connectivity index (χ4n) is 6.11. The van der Waals surface area contributed by atoms with Crippen LogP contribution in [0.1, 0.15) is 51.8 Å². The van der Waals surface area contributed by atoms with Crippen molar-refractivity contribution in [3.63, 3.8) is 0 Å². The van der Waals surface area contributed by atoms with Crippen LogP contribution < -0.4 is 10.2 Å². The van der Waals surface area contributed by atoms with Gasteiger partial charge in [0, 0.05) is 38.3 Å². The Labute approximate surface area is 256 Å². The standard InChI is InChI=1S/C30H35FN6O6S/c1-18-25(35-43-34-18)28(40)37-10-11-42-30(17-37)5-8-36(9-6-30)16-20-12-19(13-21(31)14-20)4-7-32-15-24(39)22-2-3-23(38)26-27(22)44-29(41)33-26/h2-3,12-14,24,32,38-39H,4-11,15-17H2,1H3,(H,33,41). The first-order valence-corrected chi connectivity index (χ1v) is 15.5. The van der Waals surface area contributed by atoms with E-state index < -0.39 is 11.7 Å². The van der Waals surface area contributed by atoms with Crippen LogP contribution >= 0.6 is 11.3 Å². The monoisotopic (exact) mass is 626 g/mol. The van der Waals surface area contributed by atoms with Gasteiger partial charge in [0.05, 0.1) is 29.6 Å². The van der Waals surface area contributed by atoms with Crippen molar-refractivity contribution in [2.24, 2.45) is 0 Å². The van der Waals surface area contributed by atoms with E-state index in [0.717, 1.165) is 48.4 Å². The summed E-state index contributed by atoms with van der Waals surface area (Å²) in [4.78, 5) is 31.1. The highest BCUT2D eigenvalue weighted by Gasteiger charge is 2.41. The van der Waals surface area contributed by atoms with Gasteiger partial charge in [-0.05, 0) is 67.2 Å². The van der Waals surface area contributed by atoms with E-state index in [4.69, 9.17) is 9.37 Å². The average molecular weight is 627 g/mol. The first-order chi connectivity index (χ1) is 21.2. The number of likely N-dealkylation sites (tertiary alicyclic amines) is 1. The molecule has 12 nitrogen and oxygen atoms in total. The Balaban J connectivity index is 0.995. The van der Waals surface area contributed by atoms with E-state index in [1.807, 2.05) is 6.07 Å². The number of phenolic OH excluding ortho intramolecular Hbond substituents is 1. The summed E-state index contributed by atoms with van der Waals surface area (Å²) in [5.74, 6) is -0.519. The maximum Gasteiger partial charge on any atom is 0.305 e. The highest BCUT2D eigenvalue weighted by atomic mass is 32.1. The predicted octanol–water partition coefficient (Wildman–Crippen LogP) is 2.50. The highest BCUT2D eigenvalue weighted by Crippen LogP contribution is 2.32. The Kier molecular flexibility index (Phi) is 8.78. The molecular formula is C30H35FN6O6S. The predicted molar refractivity (Wildman–Crippen MR) is 160 cm³/mol. The van der Waals surface area contributed by atoms with E-state index >= 15 is 0 Å². The van der Waals surface area contributed by atoms with Crippen molar-refractivity contribution in [2.45, 2.75) is 44.4 Å². The molecule has 0 radical (unpaired) electrons. The number of H-pyrrole nitrogens is 1. The van der Waals surface area contributed by atoms with E-state index in [1.165, 1.54) is 12.1 Å². The van der Waals surface area contributed by atoms with E-state index in [9.17, 15) is 24.2 Å². The number of morpholine rings is 1. The average Bonchev–Trinajstić information content (AvgIpc) is 3.61. The van der Waals surface area contributed by atoms with Gasteiger partial charge in [-0.2, -0.15) is 0 Å². The van der Waals surface area contributed by atoms with Crippen LogP contribution in [0.2, 0.25) is 0 Å². The van der Waals surface area contributed by atoms with Crippen LogP contribution in [0.3, 0.4) is 0 Å². The molecule has 2 saturated heterocycles. The molecule has 4 N–H and O–H groups in total. The molecule has 2 aliphatic rings. The molecule has 2 aromatic carbocycles. The first-order valence-electron chi connectivity index (χ1n) is 14.7. The summed E-state index contributed by atoms with van der Waals surface area (Å²) in [6.07, 6.45) is 1.21. The van der Waals surface area contributed by atoms with Gasteiger partial charge in [0.1, 0.15) is 22.8 Å². The zero-order valence-electron chi connectivity index (χ0n) is 24.3. The lowest BCUT2D eigenvalue weighted by Gasteiger charge is -2.47. The Morgan fingerprint density at radius 3 is 2.77 bits per heavy atom. The number of aromatic hydroxyl groups is 1. The van der Waals surface area contributed by atoms with Gasteiger partial charge >= 0.3 is 4.87 Å². The van der Waals surface area contributed by atoms with Crippen LogP contribution in [-0.2, 0) is 17.7 Å². The number of ether oxygens (including phenoxy) is 1. The number of fused-ring (bicyclic) bond motifs is 1. The molecule has 0 aliphatic carbocycles. The lowest BCUT2D eigenvalue weighted by atomic mass is 9.89. The number of amides is 1. The van der Waals surface area contributed by atoms with Gasteiger partial charge in [-0.25, -0.2) is 9.02 Å². The van der Waals surface area contributed by atoms with Crippen LogP contribution in [0.25, 0.3) is 10.2 Å². The molecule has 6 rings (SSSR count). The van der Waals surface area contributed by atoms with Crippen LogP contribution in [0, 0.1) is 12.7 Å².